The Bertz CT molecular complexity index is 510. The molecule has 0 spiro atoms. The van der Waals surface area contributed by atoms with Gasteiger partial charge in [0, 0.05) is 5.38 Å². The zero-order valence-corrected chi connectivity index (χ0v) is 8.08. The van der Waals surface area contributed by atoms with Crippen molar-refractivity contribution in [2.24, 2.45) is 0 Å². The molecule has 15 heavy (non-hydrogen) atoms. The van der Waals surface area contributed by atoms with E-state index in [2.05, 4.69) is 25.1 Å². The Hall–Kier alpha value is -2.27. The first kappa shape index (κ1) is 9.29. The molecule has 0 fully saturated rings. The van der Waals surface area contributed by atoms with Crippen molar-refractivity contribution in [3.05, 3.63) is 22.8 Å². The van der Waals surface area contributed by atoms with Crippen LogP contribution in [0.4, 0.5) is 5.82 Å². The summed E-state index contributed by atoms with van der Waals surface area (Å²) in [4.78, 5) is 11.5. The normalized spacial score (nSPS) is 9.53. The number of hydrogen-bond acceptors (Lipinski definition) is 6. The minimum Gasteiger partial charge on any atom is -0.304 e. The molecule has 0 aromatic carbocycles. The molecule has 0 saturated heterocycles. The zero-order valence-electron chi connectivity index (χ0n) is 7.26. The lowest BCUT2D eigenvalue weighted by Gasteiger charge is -1.98. The summed E-state index contributed by atoms with van der Waals surface area (Å²) in [5.74, 6) is -0.167. The summed E-state index contributed by atoms with van der Waals surface area (Å²) in [5.41, 5.74) is 0.477. The Morgan fingerprint density at radius 2 is 2.53 bits per heavy atom. The molecule has 0 aliphatic carbocycles. The van der Waals surface area contributed by atoms with Crippen LogP contribution in [0.3, 0.4) is 0 Å². The number of carbonyl (C=O) groups excluding carboxylic acids is 1. The van der Waals surface area contributed by atoms with E-state index in [1.165, 1.54) is 11.6 Å². The lowest BCUT2D eigenvalue weighted by molar-refractivity contribution is 0.102. The van der Waals surface area contributed by atoms with Gasteiger partial charge in [0.1, 0.15) is 17.5 Å². The quantitative estimate of drug-likeness (QED) is 0.760. The highest BCUT2D eigenvalue weighted by molar-refractivity contribution is 7.03. The van der Waals surface area contributed by atoms with Crippen LogP contribution in [0.15, 0.2) is 11.6 Å². The maximum absolute atomic E-state index is 11.5. The Labute approximate surface area is 87.9 Å². The maximum Gasteiger partial charge on any atom is 0.278 e. The first-order valence-electron chi connectivity index (χ1n) is 3.83. The molecule has 7 nitrogen and oxygen atoms in total. The van der Waals surface area contributed by atoms with Crippen LogP contribution in [-0.2, 0) is 0 Å². The van der Waals surface area contributed by atoms with Gasteiger partial charge >= 0.3 is 0 Å². The standard InChI is InChI=1S/C7H4N6OS/c8-1-4-2-9-12-6(4)10-7(14)5-3-15-13-11-5/h2-3H,(H2,9,10,12,14). The fraction of sp³-hybridized carbons (Fsp3) is 0. The number of anilines is 1. The first-order valence-corrected chi connectivity index (χ1v) is 4.67. The summed E-state index contributed by atoms with van der Waals surface area (Å²) >= 11 is 1.08. The molecule has 2 N–H and O–H groups in total. The molecule has 0 unspecified atom stereocenters. The van der Waals surface area contributed by atoms with E-state index in [1.807, 2.05) is 6.07 Å². The third kappa shape index (κ3) is 1.82. The van der Waals surface area contributed by atoms with Gasteiger partial charge in [-0.2, -0.15) is 10.4 Å². The second-order valence-electron chi connectivity index (χ2n) is 2.51. The van der Waals surface area contributed by atoms with Gasteiger partial charge in [-0.05, 0) is 11.5 Å². The van der Waals surface area contributed by atoms with Crippen LogP contribution < -0.4 is 5.32 Å². The van der Waals surface area contributed by atoms with Crippen molar-refractivity contribution in [3.63, 3.8) is 0 Å². The number of H-pyrrole nitrogens is 1. The van der Waals surface area contributed by atoms with E-state index < -0.39 is 5.91 Å². The molecule has 0 atom stereocenters. The number of nitriles is 1. The van der Waals surface area contributed by atoms with E-state index in [9.17, 15) is 4.79 Å². The van der Waals surface area contributed by atoms with Crippen molar-refractivity contribution in [2.75, 3.05) is 5.32 Å². The SMILES string of the molecule is N#Cc1cn[nH]c1NC(=O)c1csnn1. The second-order valence-corrected chi connectivity index (χ2v) is 3.12. The Balaban J connectivity index is 2.17. The van der Waals surface area contributed by atoms with Gasteiger partial charge in [0.15, 0.2) is 5.69 Å². The predicted octanol–water partition coefficient (Wildman–Crippen LogP) is 0.385. The molecule has 0 saturated carbocycles. The predicted molar refractivity (Wildman–Crippen MR) is 51.2 cm³/mol. The van der Waals surface area contributed by atoms with Crippen LogP contribution in [0.25, 0.3) is 0 Å². The van der Waals surface area contributed by atoms with Crippen LogP contribution in [0.2, 0.25) is 0 Å². The number of aromatic amines is 1. The van der Waals surface area contributed by atoms with Crippen molar-refractivity contribution < 1.29 is 4.79 Å². The molecule has 74 valence electrons. The van der Waals surface area contributed by atoms with Gasteiger partial charge in [0.25, 0.3) is 5.91 Å². The average molecular weight is 220 g/mol. The van der Waals surface area contributed by atoms with Gasteiger partial charge in [0.05, 0.1) is 6.20 Å². The van der Waals surface area contributed by atoms with E-state index in [4.69, 9.17) is 5.26 Å². The van der Waals surface area contributed by atoms with Crippen LogP contribution >= 0.6 is 11.5 Å². The van der Waals surface area contributed by atoms with Gasteiger partial charge in [-0.3, -0.25) is 9.89 Å². The maximum atomic E-state index is 11.5. The molecule has 2 rings (SSSR count). The van der Waals surface area contributed by atoms with E-state index in [1.54, 1.807) is 0 Å². The number of carbonyl (C=O) groups is 1. The summed E-state index contributed by atoms with van der Waals surface area (Å²) in [7, 11) is 0. The monoisotopic (exact) mass is 220 g/mol. The lowest BCUT2D eigenvalue weighted by atomic mass is 10.3. The lowest BCUT2D eigenvalue weighted by Crippen LogP contribution is -2.13. The van der Waals surface area contributed by atoms with Gasteiger partial charge in [0.2, 0.25) is 0 Å². The molecule has 2 aromatic rings. The van der Waals surface area contributed by atoms with Crippen LogP contribution in [-0.4, -0.2) is 25.7 Å². The minimum atomic E-state index is -0.426. The number of amides is 1. The summed E-state index contributed by atoms with van der Waals surface area (Å²) in [5, 5.41) is 22.4. The summed E-state index contributed by atoms with van der Waals surface area (Å²) in [6.07, 6.45) is 1.33. The van der Waals surface area contributed by atoms with E-state index in [-0.39, 0.29) is 17.1 Å². The molecule has 2 heterocycles. The van der Waals surface area contributed by atoms with Crippen LogP contribution in [0, 0.1) is 11.3 Å². The molecule has 0 bridgehead atoms. The fourth-order valence-corrected chi connectivity index (χ4v) is 1.34. The molecular weight excluding hydrogens is 216 g/mol. The third-order valence-electron chi connectivity index (χ3n) is 1.59. The molecule has 1 amide bonds. The fourth-order valence-electron chi connectivity index (χ4n) is 0.907. The van der Waals surface area contributed by atoms with Crippen molar-refractivity contribution in [2.45, 2.75) is 0 Å². The van der Waals surface area contributed by atoms with Crippen molar-refractivity contribution >= 4 is 23.3 Å². The highest BCUT2D eigenvalue weighted by atomic mass is 32.1. The Kier molecular flexibility index (Phi) is 2.38. The van der Waals surface area contributed by atoms with Gasteiger partial charge < -0.3 is 5.32 Å². The summed E-state index contributed by atoms with van der Waals surface area (Å²) in [6, 6.07) is 1.88. The number of hydrogen-bond donors (Lipinski definition) is 2. The minimum absolute atomic E-state index is 0.207. The van der Waals surface area contributed by atoms with Crippen molar-refractivity contribution in [3.8, 4) is 6.07 Å². The van der Waals surface area contributed by atoms with Crippen molar-refractivity contribution in [1.29, 1.82) is 5.26 Å². The molecule has 0 aliphatic heterocycles. The van der Waals surface area contributed by atoms with Gasteiger partial charge in [-0.15, -0.1) is 5.10 Å². The second kappa shape index (κ2) is 3.85. The van der Waals surface area contributed by atoms with Gasteiger partial charge in [-0.1, -0.05) is 4.49 Å². The largest absolute Gasteiger partial charge is 0.304 e. The number of rotatable bonds is 2. The van der Waals surface area contributed by atoms with E-state index >= 15 is 0 Å². The topological polar surface area (TPSA) is 107 Å². The number of aromatic nitrogens is 4. The summed E-state index contributed by atoms with van der Waals surface area (Å²) < 4.78 is 3.56. The van der Waals surface area contributed by atoms with Gasteiger partial charge in [-0.25, -0.2) is 0 Å². The van der Waals surface area contributed by atoms with Crippen molar-refractivity contribution in [1.82, 2.24) is 19.8 Å². The summed E-state index contributed by atoms with van der Waals surface area (Å²) in [6.45, 7) is 0. The van der Waals surface area contributed by atoms with E-state index in [0.717, 1.165) is 11.5 Å². The Morgan fingerprint density at radius 3 is 3.20 bits per heavy atom. The molecule has 8 heteroatoms. The molecule has 0 aliphatic rings. The molecular formula is C7H4N6OS. The number of nitrogens with zero attached hydrogens (tertiary/aromatic N) is 4. The molecule has 2 aromatic heterocycles. The average Bonchev–Trinajstić information content (AvgIpc) is 2.87. The van der Waals surface area contributed by atoms with Crippen LogP contribution in [0.1, 0.15) is 16.1 Å². The Morgan fingerprint density at radius 1 is 1.67 bits per heavy atom. The van der Waals surface area contributed by atoms with E-state index in [0.29, 0.717) is 0 Å². The van der Waals surface area contributed by atoms with Crippen LogP contribution in [0.5, 0.6) is 0 Å². The third-order valence-corrected chi connectivity index (χ3v) is 2.10. The smallest absolute Gasteiger partial charge is 0.278 e. The molecule has 0 radical (unpaired) electrons. The highest BCUT2D eigenvalue weighted by Crippen LogP contribution is 2.10. The zero-order chi connectivity index (χ0) is 10.7. The first-order chi connectivity index (χ1) is 7.31. The number of nitrogens with one attached hydrogen (secondary N) is 2. The highest BCUT2D eigenvalue weighted by Gasteiger charge is 2.12.